The van der Waals surface area contributed by atoms with E-state index in [2.05, 4.69) is 77.2 Å². The second kappa shape index (κ2) is 18.0. The molecule has 4 atom stereocenters. The minimum absolute atomic E-state index is 0.00849. The van der Waals surface area contributed by atoms with Crippen LogP contribution in [-0.4, -0.2) is 77.4 Å². The van der Waals surface area contributed by atoms with E-state index in [4.69, 9.17) is 5.73 Å². The van der Waals surface area contributed by atoms with Gasteiger partial charge in [-0.15, -0.1) is 0 Å². The molecule has 4 fully saturated rings. The Balaban J connectivity index is 0.000000201. The SMILES string of the molecule is CCCCCCN1CC2C(C1)C2(C)c1cccc(N)c1.CCCCCCN1CC2C(C1)C2(C)c1cccc(NS(=O)(=O)CC)c1.CCS(=O)(=O)Cl. The number of likely N-dealkylation sites (tertiary alicyclic amines) is 2. The lowest BCUT2D eigenvalue weighted by Gasteiger charge is -2.24. The van der Waals surface area contributed by atoms with Crippen LogP contribution in [0.15, 0.2) is 48.5 Å². The Morgan fingerprint density at radius 2 is 1.12 bits per heavy atom. The fraction of sp³-hybridized carbons (Fsp3) is 0.700. The first-order valence-corrected chi connectivity index (χ1v) is 23.6. The van der Waals surface area contributed by atoms with Crippen molar-refractivity contribution in [1.82, 2.24) is 9.80 Å². The van der Waals surface area contributed by atoms with Crippen LogP contribution in [0.2, 0.25) is 0 Å². The Kier molecular flexibility index (Phi) is 14.8. The van der Waals surface area contributed by atoms with Crippen LogP contribution < -0.4 is 10.5 Å². The van der Waals surface area contributed by atoms with Crippen molar-refractivity contribution in [3.63, 3.8) is 0 Å². The zero-order chi connectivity index (χ0) is 37.5. The van der Waals surface area contributed by atoms with Crippen molar-refractivity contribution in [3.05, 3.63) is 59.7 Å². The van der Waals surface area contributed by atoms with Crippen molar-refractivity contribution >= 4 is 41.1 Å². The maximum absolute atomic E-state index is 11.8. The lowest BCUT2D eigenvalue weighted by Crippen LogP contribution is -2.30. The molecule has 2 saturated heterocycles. The summed E-state index contributed by atoms with van der Waals surface area (Å²) in [5.74, 6) is 3.26. The second-order valence-electron chi connectivity index (χ2n) is 15.7. The predicted octanol–water partition coefficient (Wildman–Crippen LogP) is 8.09. The molecule has 2 aliphatic carbocycles. The number of anilines is 2. The average Bonchev–Trinajstić information content (AvgIpc) is 3.58. The molecule has 6 rings (SSSR count). The summed E-state index contributed by atoms with van der Waals surface area (Å²) in [6.07, 6.45) is 10.8. The molecule has 2 aromatic carbocycles. The summed E-state index contributed by atoms with van der Waals surface area (Å²) in [7, 11) is -1.72. The first kappa shape index (κ1) is 41.9. The molecule has 0 radical (unpaired) electrons. The topological polar surface area (TPSA) is 113 Å². The van der Waals surface area contributed by atoms with Crippen molar-refractivity contribution in [2.75, 3.05) is 61.2 Å². The van der Waals surface area contributed by atoms with Gasteiger partial charge in [0.05, 0.1) is 11.5 Å². The Bertz CT molecular complexity index is 1610. The number of hydrogen-bond acceptors (Lipinski definition) is 7. The van der Waals surface area contributed by atoms with E-state index in [0.29, 0.717) is 11.1 Å². The lowest BCUT2D eigenvalue weighted by atomic mass is 9.92. The van der Waals surface area contributed by atoms with Crippen LogP contribution in [0, 0.1) is 23.7 Å². The summed E-state index contributed by atoms with van der Waals surface area (Å²) in [5, 5.41) is 0. The third-order valence-electron chi connectivity index (χ3n) is 12.3. The van der Waals surface area contributed by atoms with Crippen molar-refractivity contribution in [1.29, 1.82) is 0 Å². The summed E-state index contributed by atoms with van der Waals surface area (Å²) in [5.41, 5.74) is 10.9. The summed E-state index contributed by atoms with van der Waals surface area (Å²) < 4.78 is 45.8. The monoisotopic (exact) mass is 764 g/mol. The van der Waals surface area contributed by atoms with Gasteiger partial charge in [0.1, 0.15) is 0 Å². The van der Waals surface area contributed by atoms with Gasteiger partial charge in [-0.05, 0) is 91.9 Å². The van der Waals surface area contributed by atoms with E-state index in [1.54, 1.807) is 6.92 Å². The van der Waals surface area contributed by atoms with Crippen molar-refractivity contribution in [3.8, 4) is 0 Å². The molecule has 4 unspecified atom stereocenters. The minimum Gasteiger partial charge on any atom is -0.399 e. The second-order valence-corrected chi connectivity index (χ2v) is 20.7. The van der Waals surface area contributed by atoms with Gasteiger partial charge in [0.2, 0.25) is 19.1 Å². The number of nitrogens with zero attached hydrogens (tertiary/aromatic N) is 2. The molecule has 4 aliphatic rings. The third kappa shape index (κ3) is 10.9. The first-order chi connectivity index (χ1) is 24.1. The van der Waals surface area contributed by atoms with Gasteiger partial charge >= 0.3 is 0 Å². The Hall–Kier alpha value is -1.85. The van der Waals surface area contributed by atoms with Crippen LogP contribution in [0.1, 0.15) is 104 Å². The highest BCUT2D eigenvalue weighted by molar-refractivity contribution is 8.13. The molecule has 51 heavy (non-hydrogen) atoms. The van der Waals surface area contributed by atoms with Crippen LogP contribution in [0.25, 0.3) is 0 Å². The predicted molar refractivity (Wildman–Crippen MR) is 216 cm³/mol. The lowest BCUT2D eigenvalue weighted by molar-refractivity contribution is 0.271. The minimum atomic E-state index is -3.22. The number of fused-ring (bicyclic) bond motifs is 2. The number of unbranched alkanes of at least 4 members (excludes halogenated alkanes) is 6. The average molecular weight is 766 g/mol. The molecule has 0 aromatic heterocycles. The molecule has 0 bridgehead atoms. The highest BCUT2D eigenvalue weighted by Gasteiger charge is 2.66. The normalized spacial score (nSPS) is 28.1. The highest BCUT2D eigenvalue weighted by atomic mass is 35.7. The molecule has 2 heterocycles. The molecule has 2 aliphatic heterocycles. The third-order valence-corrected chi connectivity index (χ3v) is 15.0. The van der Waals surface area contributed by atoms with E-state index in [-0.39, 0.29) is 16.9 Å². The summed E-state index contributed by atoms with van der Waals surface area (Å²) in [4.78, 5) is 5.30. The number of benzene rings is 2. The largest absolute Gasteiger partial charge is 0.399 e. The number of rotatable bonds is 16. The van der Waals surface area contributed by atoms with Crippen LogP contribution in [-0.2, 0) is 29.9 Å². The van der Waals surface area contributed by atoms with Gasteiger partial charge in [-0.25, -0.2) is 16.8 Å². The Labute approximate surface area is 314 Å². The maximum Gasteiger partial charge on any atom is 0.232 e. The van der Waals surface area contributed by atoms with Gasteiger partial charge in [0, 0.05) is 59.1 Å². The first-order valence-electron chi connectivity index (χ1n) is 19.5. The maximum atomic E-state index is 11.8. The quantitative estimate of drug-likeness (QED) is 0.101. The standard InChI is InChI=1S/C20H32N2O2S.C18H28N2.C2H5ClO2S/c1-4-6-7-8-12-22-14-18-19(15-22)20(18,3)16-10-9-11-17(13-16)21-25(23,24)5-2;1-3-4-5-6-10-20-12-16-17(13-20)18(16,2)14-8-7-9-15(19)11-14;1-2-6(3,4)5/h9-11,13,18-19,21H,4-8,12,14-15H2,1-3H3;7-9,11,16-17H,3-6,10,12-13,19H2,1-2H3;2H2,1H3. The molecule has 288 valence electrons. The fourth-order valence-electron chi connectivity index (χ4n) is 8.71. The van der Waals surface area contributed by atoms with Crippen LogP contribution >= 0.6 is 10.7 Å². The van der Waals surface area contributed by atoms with Gasteiger partial charge in [0.15, 0.2) is 0 Å². The van der Waals surface area contributed by atoms with Crippen molar-refractivity contribution < 1.29 is 16.8 Å². The van der Waals surface area contributed by atoms with E-state index >= 15 is 0 Å². The number of piperidine rings is 2. The zero-order valence-electron chi connectivity index (χ0n) is 32.0. The zero-order valence-corrected chi connectivity index (χ0v) is 34.4. The number of nitrogens with one attached hydrogen (secondary N) is 1. The number of nitrogen functional groups attached to an aromatic ring is 1. The van der Waals surface area contributed by atoms with Gasteiger partial charge in [0.25, 0.3) is 0 Å². The van der Waals surface area contributed by atoms with Gasteiger partial charge < -0.3 is 15.5 Å². The summed E-state index contributed by atoms with van der Waals surface area (Å²) in [6.45, 7) is 20.0. The Morgan fingerprint density at radius 1 is 0.686 bits per heavy atom. The van der Waals surface area contributed by atoms with Crippen LogP contribution in [0.5, 0.6) is 0 Å². The molecule has 0 spiro atoms. The summed E-state index contributed by atoms with van der Waals surface area (Å²) in [6, 6.07) is 16.6. The number of nitrogens with two attached hydrogens (primary N) is 1. The molecule has 0 amide bonds. The highest BCUT2D eigenvalue weighted by Crippen LogP contribution is 2.64. The number of hydrogen-bond donors (Lipinski definition) is 2. The molecule has 8 nitrogen and oxygen atoms in total. The smallest absolute Gasteiger partial charge is 0.232 e. The Morgan fingerprint density at radius 3 is 1.51 bits per heavy atom. The van der Waals surface area contributed by atoms with Crippen LogP contribution in [0.4, 0.5) is 11.4 Å². The van der Waals surface area contributed by atoms with Gasteiger partial charge in [-0.3, -0.25) is 4.72 Å². The molecule has 11 heteroatoms. The van der Waals surface area contributed by atoms with E-state index in [1.165, 1.54) is 109 Å². The van der Waals surface area contributed by atoms with E-state index in [9.17, 15) is 16.8 Å². The van der Waals surface area contributed by atoms with Crippen molar-refractivity contribution in [2.24, 2.45) is 23.7 Å². The van der Waals surface area contributed by atoms with Crippen molar-refractivity contribution in [2.45, 2.75) is 104 Å². The molecular weight excluding hydrogens is 700 g/mol. The number of sulfonamides is 1. The number of halogens is 1. The molecule has 3 N–H and O–H groups in total. The molecule has 2 saturated carbocycles. The van der Waals surface area contributed by atoms with Gasteiger partial charge in [-0.1, -0.05) is 97.4 Å². The van der Waals surface area contributed by atoms with E-state index < -0.39 is 19.1 Å². The fourth-order valence-corrected chi connectivity index (χ4v) is 9.34. The van der Waals surface area contributed by atoms with Crippen LogP contribution in [0.3, 0.4) is 0 Å². The van der Waals surface area contributed by atoms with E-state index in [0.717, 1.165) is 29.4 Å². The summed E-state index contributed by atoms with van der Waals surface area (Å²) >= 11 is 0. The molecular formula is C40H65ClN4O4S2. The van der Waals surface area contributed by atoms with E-state index in [1.807, 2.05) is 24.3 Å². The molecule has 2 aromatic rings. The van der Waals surface area contributed by atoms with Gasteiger partial charge in [-0.2, -0.15) is 0 Å².